The minimum atomic E-state index is 0. The number of carbonyl (C=O) groups excluding carboxylic acids is 1. The first-order valence-electron chi connectivity index (χ1n) is 8.18. The van der Waals surface area contributed by atoms with E-state index in [0.29, 0.717) is 18.9 Å². The Bertz CT molecular complexity index is 552. The number of anilines is 1. The first kappa shape index (κ1) is 18.0. The van der Waals surface area contributed by atoms with E-state index in [1.807, 2.05) is 29.2 Å². The van der Waals surface area contributed by atoms with Crippen LogP contribution in [0.2, 0.25) is 0 Å². The molecule has 1 aromatic carbocycles. The molecule has 2 saturated heterocycles. The number of likely N-dealkylation sites (tertiary alicyclic amines) is 1. The largest absolute Gasteiger partial charge is 0.370 e. The molecule has 2 N–H and O–H groups in total. The smallest absolute Gasteiger partial charge is 0.227 e. The number of amides is 1. The van der Waals surface area contributed by atoms with Gasteiger partial charge in [-0.25, -0.2) is 4.99 Å². The predicted molar refractivity (Wildman–Crippen MR) is 104 cm³/mol. The van der Waals surface area contributed by atoms with Crippen LogP contribution in [-0.4, -0.2) is 36.4 Å². The lowest BCUT2D eigenvalue weighted by Crippen LogP contribution is -2.40. The van der Waals surface area contributed by atoms with Crippen LogP contribution in [0.1, 0.15) is 37.7 Å². The monoisotopic (exact) mass is 428 g/mol. The molecule has 1 amide bonds. The zero-order valence-corrected chi connectivity index (χ0v) is 15.7. The average Bonchev–Trinajstić information content (AvgIpc) is 3.00. The Balaban J connectivity index is 0.00000192. The fourth-order valence-electron chi connectivity index (χ4n) is 3.10. The molecule has 0 atom stereocenters. The summed E-state index contributed by atoms with van der Waals surface area (Å²) in [6.07, 6.45) is 5.32. The molecule has 2 heterocycles. The summed E-state index contributed by atoms with van der Waals surface area (Å²) in [4.78, 5) is 20.3. The number of rotatable bonds is 3. The van der Waals surface area contributed by atoms with E-state index in [4.69, 9.17) is 5.73 Å². The van der Waals surface area contributed by atoms with Gasteiger partial charge in [0.25, 0.3) is 0 Å². The number of halogens is 1. The lowest BCUT2D eigenvalue weighted by Gasteiger charge is -2.27. The van der Waals surface area contributed by atoms with Crippen molar-refractivity contribution in [2.75, 3.05) is 24.5 Å². The minimum absolute atomic E-state index is 0. The van der Waals surface area contributed by atoms with Gasteiger partial charge >= 0.3 is 0 Å². The summed E-state index contributed by atoms with van der Waals surface area (Å²) >= 11 is 0. The fraction of sp³-hybridized carbons (Fsp3) is 0.529. The van der Waals surface area contributed by atoms with Crippen molar-refractivity contribution in [2.24, 2.45) is 10.7 Å². The van der Waals surface area contributed by atoms with E-state index in [2.05, 4.69) is 9.89 Å². The molecule has 0 unspecified atom stereocenters. The molecular weight excluding hydrogens is 403 g/mol. The molecular formula is C17H25IN4O. The van der Waals surface area contributed by atoms with Gasteiger partial charge in [0.1, 0.15) is 0 Å². The highest BCUT2D eigenvalue weighted by molar-refractivity contribution is 14.0. The topological polar surface area (TPSA) is 61.9 Å². The maximum atomic E-state index is 11.7. The number of carbonyl (C=O) groups is 1. The van der Waals surface area contributed by atoms with E-state index in [-0.39, 0.29) is 29.9 Å². The fourth-order valence-corrected chi connectivity index (χ4v) is 3.10. The Morgan fingerprint density at radius 2 is 1.74 bits per heavy atom. The standard InChI is InChI=1S/C17H24N4O.HI/c18-17(20-10-2-1-3-11-20)19-13-14-6-8-15(9-7-14)21-12-4-5-16(21)22;/h6-9H,1-5,10-13H2,(H2,18,19);1H. The van der Waals surface area contributed by atoms with Gasteiger partial charge in [-0.05, 0) is 43.4 Å². The summed E-state index contributed by atoms with van der Waals surface area (Å²) in [7, 11) is 0. The normalized spacial score (nSPS) is 19.0. The molecule has 0 spiro atoms. The highest BCUT2D eigenvalue weighted by Gasteiger charge is 2.21. The molecule has 0 aromatic heterocycles. The molecule has 5 nitrogen and oxygen atoms in total. The third kappa shape index (κ3) is 4.59. The number of nitrogens with zero attached hydrogens (tertiary/aromatic N) is 3. The molecule has 0 bridgehead atoms. The SMILES string of the molecule is I.NC(=NCc1ccc(N2CCCC2=O)cc1)N1CCCCC1. The van der Waals surface area contributed by atoms with Crippen LogP contribution < -0.4 is 10.6 Å². The number of guanidine groups is 1. The number of hydrogen-bond donors (Lipinski definition) is 1. The van der Waals surface area contributed by atoms with Crippen LogP contribution >= 0.6 is 24.0 Å². The van der Waals surface area contributed by atoms with Gasteiger partial charge in [0, 0.05) is 31.7 Å². The van der Waals surface area contributed by atoms with Crippen molar-refractivity contribution >= 4 is 41.5 Å². The molecule has 2 aliphatic rings. The molecule has 2 aliphatic heterocycles. The van der Waals surface area contributed by atoms with E-state index in [9.17, 15) is 4.79 Å². The predicted octanol–water partition coefficient (Wildman–Crippen LogP) is 2.73. The summed E-state index contributed by atoms with van der Waals surface area (Å²) in [5.41, 5.74) is 8.17. The van der Waals surface area contributed by atoms with Gasteiger partial charge in [-0.3, -0.25) is 4.79 Å². The molecule has 23 heavy (non-hydrogen) atoms. The van der Waals surface area contributed by atoms with Crippen LogP contribution in [0.25, 0.3) is 0 Å². The van der Waals surface area contributed by atoms with Gasteiger partial charge in [0.15, 0.2) is 5.96 Å². The number of piperidine rings is 1. The van der Waals surface area contributed by atoms with Crippen molar-refractivity contribution in [3.05, 3.63) is 29.8 Å². The van der Waals surface area contributed by atoms with Crippen LogP contribution in [0.3, 0.4) is 0 Å². The summed E-state index contributed by atoms with van der Waals surface area (Å²) in [5.74, 6) is 0.874. The average molecular weight is 428 g/mol. The third-order valence-electron chi connectivity index (χ3n) is 4.43. The van der Waals surface area contributed by atoms with Crippen molar-refractivity contribution < 1.29 is 4.79 Å². The first-order chi connectivity index (χ1) is 10.7. The molecule has 0 aliphatic carbocycles. The lowest BCUT2D eigenvalue weighted by molar-refractivity contribution is -0.117. The Morgan fingerprint density at radius 3 is 2.35 bits per heavy atom. The summed E-state index contributed by atoms with van der Waals surface area (Å²) < 4.78 is 0. The van der Waals surface area contributed by atoms with E-state index in [1.54, 1.807) is 0 Å². The summed E-state index contributed by atoms with van der Waals surface area (Å²) in [5, 5.41) is 0. The maximum Gasteiger partial charge on any atom is 0.227 e. The molecule has 6 heteroatoms. The second-order valence-corrected chi connectivity index (χ2v) is 6.04. The zero-order chi connectivity index (χ0) is 15.4. The van der Waals surface area contributed by atoms with E-state index >= 15 is 0 Å². The third-order valence-corrected chi connectivity index (χ3v) is 4.43. The van der Waals surface area contributed by atoms with Gasteiger partial charge in [-0.15, -0.1) is 24.0 Å². The number of hydrogen-bond acceptors (Lipinski definition) is 2. The Morgan fingerprint density at radius 1 is 1.04 bits per heavy atom. The lowest BCUT2D eigenvalue weighted by atomic mass is 10.1. The number of benzene rings is 1. The molecule has 0 saturated carbocycles. The van der Waals surface area contributed by atoms with Crippen LogP contribution in [-0.2, 0) is 11.3 Å². The Hall–Kier alpha value is -1.31. The van der Waals surface area contributed by atoms with Gasteiger partial charge in [0.05, 0.1) is 6.54 Å². The molecule has 2 fully saturated rings. The van der Waals surface area contributed by atoms with Crippen molar-refractivity contribution in [3.8, 4) is 0 Å². The van der Waals surface area contributed by atoms with Crippen molar-refractivity contribution in [2.45, 2.75) is 38.6 Å². The van der Waals surface area contributed by atoms with Gasteiger partial charge in [-0.2, -0.15) is 0 Å². The van der Waals surface area contributed by atoms with Crippen molar-refractivity contribution in [1.29, 1.82) is 0 Å². The number of nitrogens with two attached hydrogens (primary N) is 1. The highest BCUT2D eigenvalue weighted by Crippen LogP contribution is 2.21. The van der Waals surface area contributed by atoms with Crippen molar-refractivity contribution in [1.82, 2.24) is 4.90 Å². The zero-order valence-electron chi connectivity index (χ0n) is 13.4. The number of aliphatic imine (C=N–C) groups is 1. The van der Waals surface area contributed by atoms with E-state index < -0.39 is 0 Å². The van der Waals surface area contributed by atoms with Crippen LogP contribution in [0.4, 0.5) is 5.69 Å². The molecule has 3 rings (SSSR count). The second kappa shape index (κ2) is 8.52. The van der Waals surface area contributed by atoms with Gasteiger partial charge in [0.2, 0.25) is 5.91 Å². The Labute approximate surface area is 154 Å². The van der Waals surface area contributed by atoms with E-state index in [0.717, 1.165) is 37.3 Å². The van der Waals surface area contributed by atoms with Crippen LogP contribution in [0, 0.1) is 0 Å². The Kier molecular flexibility index (Phi) is 6.68. The van der Waals surface area contributed by atoms with Crippen LogP contribution in [0.15, 0.2) is 29.3 Å². The highest BCUT2D eigenvalue weighted by atomic mass is 127. The minimum Gasteiger partial charge on any atom is -0.370 e. The van der Waals surface area contributed by atoms with Crippen LogP contribution in [0.5, 0.6) is 0 Å². The second-order valence-electron chi connectivity index (χ2n) is 6.04. The van der Waals surface area contributed by atoms with Gasteiger partial charge < -0.3 is 15.5 Å². The molecule has 1 aromatic rings. The van der Waals surface area contributed by atoms with E-state index in [1.165, 1.54) is 19.3 Å². The quantitative estimate of drug-likeness (QED) is 0.458. The first-order valence-corrected chi connectivity index (χ1v) is 8.18. The maximum absolute atomic E-state index is 11.7. The summed E-state index contributed by atoms with van der Waals surface area (Å²) in [6.45, 7) is 3.46. The molecule has 126 valence electrons. The van der Waals surface area contributed by atoms with Crippen molar-refractivity contribution in [3.63, 3.8) is 0 Å². The molecule has 0 radical (unpaired) electrons. The summed E-state index contributed by atoms with van der Waals surface area (Å²) in [6, 6.07) is 8.08. The van der Waals surface area contributed by atoms with Gasteiger partial charge in [-0.1, -0.05) is 12.1 Å².